The van der Waals surface area contributed by atoms with Crippen molar-refractivity contribution in [2.75, 3.05) is 33.9 Å². The number of hydrogen-bond acceptors (Lipinski definition) is 12. The first-order valence-corrected chi connectivity index (χ1v) is 14.5. The molecule has 242 valence electrons. The fourth-order valence-electron chi connectivity index (χ4n) is 5.21. The number of esters is 2. The number of methoxy groups -OCH3 is 1. The quantitative estimate of drug-likeness (QED) is 0.125. The molecule has 12 nitrogen and oxygen atoms in total. The summed E-state index contributed by atoms with van der Waals surface area (Å²) < 4.78 is 21.8. The fourth-order valence-corrected chi connectivity index (χ4v) is 5.21. The van der Waals surface area contributed by atoms with Gasteiger partial charge in [0.1, 0.15) is 6.10 Å². The van der Waals surface area contributed by atoms with Crippen LogP contribution in [0.3, 0.4) is 0 Å². The summed E-state index contributed by atoms with van der Waals surface area (Å²) in [7, 11) is 3.10. The normalized spacial score (nSPS) is 22.7. The van der Waals surface area contributed by atoms with Crippen molar-refractivity contribution in [1.82, 2.24) is 5.32 Å². The summed E-state index contributed by atoms with van der Waals surface area (Å²) in [5.41, 5.74) is 2.34. The standard InChI is InChI=1S/C32H43NO11/c1-19(36)42-29-28(38)26(9-12-33-2)43-32(40)30(29)44-31(39)24(16-21-7-8-25(37)27(17-21)41-3)18-23(11-14-35)22-6-4-5-20(15-22)10-13-34/h4-8,15-17,23,26,28-30,32-35,37-38,40H,9-14,18H2,1-3H3/t23-,26-,28-,29-,30+,32+/m0/s1. The van der Waals surface area contributed by atoms with Gasteiger partial charge in [0.15, 0.2) is 30.0 Å². The number of aliphatic hydroxyl groups is 4. The Kier molecular flexibility index (Phi) is 13.6. The third kappa shape index (κ3) is 9.49. The van der Waals surface area contributed by atoms with Crippen LogP contribution in [0.25, 0.3) is 6.08 Å². The summed E-state index contributed by atoms with van der Waals surface area (Å²) in [4.78, 5) is 25.8. The largest absolute Gasteiger partial charge is 0.504 e. The van der Waals surface area contributed by atoms with Gasteiger partial charge in [0.05, 0.1) is 13.2 Å². The zero-order chi connectivity index (χ0) is 32.2. The van der Waals surface area contributed by atoms with E-state index >= 15 is 0 Å². The molecular formula is C32H43NO11. The Hall–Kier alpha value is -3.52. The predicted octanol–water partition coefficient (Wildman–Crippen LogP) is 1.41. The molecule has 1 aliphatic rings. The number of nitrogens with one attached hydrogen (secondary N) is 1. The first-order valence-electron chi connectivity index (χ1n) is 14.5. The highest BCUT2D eigenvalue weighted by atomic mass is 16.7. The van der Waals surface area contributed by atoms with E-state index in [0.29, 0.717) is 31.4 Å². The maximum Gasteiger partial charge on any atom is 0.334 e. The van der Waals surface area contributed by atoms with Gasteiger partial charge in [-0.15, -0.1) is 0 Å². The highest BCUT2D eigenvalue weighted by Crippen LogP contribution is 2.33. The van der Waals surface area contributed by atoms with Crippen LogP contribution in [-0.2, 0) is 30.2 Å². The minimum absolute atomic E-state index is 0.0365. The summed E-state index contributed by atoms with van der Waals surface area (Å²) in [5, 5.41) is 54.1. The highest BCUT2D eigenvalue weighted by molar-refractivity contribution is 5.94. The van der Waals surface area contributed by atoms with E-state index < -0.39 is 42.6 Å². The van der Waals surface area contributed by atoms with Crippen molar-refractivity contribution in [1.29, 1.82) is 0 Å². The maximum atomic E-state index is 13.8. The summed E-state index contributed by atoms with van der Waals surface area (Å²) in [6.45, 7) is 1.38. The Bertz CT molecular complexity index is 1270. The smallest absolute Gasteiger partial charge is 0.334 e. The van der Waals surface area contributed by atoms with Gasteiger partial charge in [-0.2, -0.15) is 0 Å². The topological polar surface area (TPSA) is 184 Å². The predicted molar refractivity (Wildman–Crippen MR) is 160 cm³/mol. The zero-order valence-electron chi connectivity index (χ0n) is 25.2. The molecule has 0 spiro atoms. The molecule has 0 unspecified atom stereocenters. The van der Waals surface area contributed by atoms with E-state index in [2.05, 4.69) is 5.32 Å². The minimum atomic E-state index is -1.70. The molecule has 0 amide bonds. The van der Waals surface area contributed by atoms with E-state index in [9.17, 15) is 35.1 Å². The first kappa shape index (κ1) is 35.0. The molecule has 12 heteroatoms. The number of hydrogen-bond donors (Lipinski definition) is 6. The molecular weight excluding hydrogens is 574 g/mol. The molecule has 3 rings (SSSR count). The lowest BCUT2D eigenvalue weighted by Crippen LogP contribution is -2.60. The van der Waals surface area contributed by atoms with Crippen LogP contribution in [-0.4, -0.2) is 102 Å². The molecule has 0 saturated carbocycles. The zero-order valence-corrected chi connectivity index (χ0v) is 25.2. The molecule has 6 atom stereocenters. The molecule has 0 bridgehead atoms. The lowest BCUT2D eigenvalue weighted by molar-refractivity contribution is -0.289. The number of rotatable bonds is 15. The number of aromatic hydroxyl groups is 1. The minimum Gasteiger partial charge on any atom is -0.504 e. The van der Waals surface area contributed by atoms with E-state index in [-0.39, 0.29) is 42.6 Å². The van der Waals surface area contributed by atoms with E-state index in [1.54, 1.807) is 13.1 Å². The second-order valence-corrected chi connectivity index (χ2v) is 10.6. The number of carbonyl (C=O) groups is 2. The molecule has 0 radical (unpaired) electrons. The number of benzene rings is 2. The molecule has 1 saturated heterocycles. The second kappa shape index (κ2) is 17.1. The van der Waals surface area contributed by atoms with Crippen LogP contribution in [0.15, 0.2) is 48.0 Å². The Morgan fingerprint density at radius 2 is 1.84 bits per heavy atom. The van der Waals surface area contributed by atoms with Crippen LogP contribution in [0.2, 0.25) is 0 Å². The Morgan fingerprint density at radius 1 is 1.07 bits per heavy atom. The van der Waals surface area contributed by atoms with Gasteiger partial charge in [0.2, 0.25) is 0 Å². The van der Waals surface area contributed by atoms with Crippen molar-refractivity contribution in [3.05, 3.63) is 64.7 Å². The Morgan fingerprint density at radius 3 is 2.50 bits per heavy atom. The molecule has 44 heavy (non-hydrogen) atoms. The lowest BCUT2D eigenvalue weighted by atomic mass is 9.87. The number of phenols is 1. The monoisotopic (exact) mass is 617 g/mol. The van der Waals surface area contributed by atoms with Crippen LogP contribution < -0.4 is 10.1 Å². The van der Waals surface area contributed by atoms with Crippen molar-refractivity contribution in [2.24, 2.45) is 0 Å². The van der Waals surface area contributed by atoms with Crippen molar-refractivity contribution >= 4 is 18.0 Å². The fraction of sp³-hybridized carbons (Fsp3) is 0.500. The van der Waals surface area contributed by atoms with Gasteiger partial charge in [-0.3, -0.25) is 4.79 Å². The van der Waals surface area contributed by atoms with E-state index in [0.717, 1.165) is 18.1 Å². The highest BCUT2D eigenvalue weighted by Gasteiger charge is 2.49. The van der Waals surface area contributed by atoms with Crippen molar-refractivity contribution in [2.45, 2.75) is 69.2 Å². The van der Waals surface area contributed by atoms with Gasteiger partial charge in [-0.05, 0) is 80.1 Å². The van der Waals surface area contributed by atoms with Crippen LogP contribution in [0.1, 0.15) is 48.8 Å². The average Bonchev–Trinajstić information content (AvgIpc) is 3.00. The first-order chi connectivity index (χ1) is 21.1. The second-order valence-electron chi connectivity index (χ2n) is 10.6. The number of phenolic OH excluding ortho intramolecular Hbond substituents is 1. The van der Waals surface area contributed by atoms with Gasteiger partial charge in [-0.25, -0.2) is 4.79 Å². The third-order valence-electron chi connectivity index (χ3n) is 7.43. The van der Waals surface area contributed by atoms with Gasteiger partial charge in [0, 0.05) is 25.7 Å². The average molecular weight is 618 g/mol. The summed E-state index contributed by atoms with van der Waals surface area (Å²) in [5.74, 6) is -1.89. The molecule has 1 heterocycles. The van der Waals surface area contributed by atoms with Crippen LogP contribution in [0, 0.1) is 0 Å². The molecule has 6 N–H and O–H groups in total. The van der Waals surface area contributed by atoms with Crippen LogP contribution >= 0.6 is 0 Å². The molecule has 2 aromatic carbocycles. The molecule has 1 aliphatic heterocycles. The molecule has 1 fully saturated rings. The van der Waals surface area contributed by atoms with E-state index in [1.165, 1.54) is 25.3 Å². The Labute approximate surface area is 256 Å². The summed E-state index contributed by atoms with van der Waals surface area (Å²) in [6.07, 6.45) is -4.29. The van der Waals surface area contributed by atoms with Gasteiger partial charge < -0.3 is 49.8 Å². The number of ether oxygens (including phenoxy) is 4. The van der Waals surface area contributed by atoms with Crippen LogP contribution in [0.5, 0.6) is 11.5 Å². The SMILES string of the molecule is CNCC[C@@H]1O[C@@H](O)[C@H](OC(=O)C(=Cc2ccc(O)c(OC)c2)C[C@H](CCO)c2cccc(CCO)c2)[C@@H](OC(C)=O)[C@H]1O. The van der Waals surface area contributed by atoms with E-state index in [4.69, 9.17) is 18.9 Å². The number of carbonyl (C=O) groups excluding carboxylic acids is 2. The van der Waals surface area contributed by atoms with E-state index in [1.807, 2.05) is 24.3 Å². The number of aliphatic hydroxyl groups excluding tert-OH is 4. The van der Waals surface area contributed by atoms with Gasteiger partial charge >= 0.3 is 11.9 Å². The lowest BCUT2D eigenvalue weighted by Gasteiger charge is -2.41. The Balaban J connectivity index is 2.00. The maximum absolute atomic E-state index is 13.8. The van der Waals surface area contributed by atoms with Crippen LogP contribution in [0.4, 0.5) is 0 Å². The van der Waals surface area contributed by atoms with Crippen molar-refractivity contribution in [3.8, 4) is 11.5 Å². The molecule has 0 aromatic heterocycles. The third-order valence-corrected chi connectivity index (χ3v) is 7.43. The summed E-state index contributed by atoms with van der Waals surface area (Å²) >= 11 is 0. The van der Waals surface area contributed by atoms with Crippen molar-refractivity contribution < 1.29 is 54.1 Å². The summed E-state index contributed by atoms with van der Waals surface area (Å²) in [6, 6.07) is 12.0. The molecule has 2 aromatic rings. The van der Waals surface area contributed by atoms with Gasteiger partial charge in [0.25, 0.3) is 0 Å². The van der Waals surface area contributed by atoms with Gasteiger partial charge in [-0.1, -0.05) is 30.3 Å². The van der Waals surface area contributed by atoms with Crippen molar-refractivity contribution in [3.63, 3.8) is 0 Å². The molecule has 0 aliphatic carbocycles.